The van der Waals surface area contributed by atoms with Crippen LogP contribution in [0.1, 0.15) is 29.7 Å². The van der Waals surface area contributed by atoms with E-state index < -0.39 is 0 Å². The van der Waals surface area contributed by atoms with Crippen molar-refractivity contribution >= 4 is 23.4 Å². The molecule has 106 valence electrons. The Morgan fingerprint density at radius 3 is 2.90 bits per heavy atom. The molecule has 0 spiro atoms. The molecule has 0 radical (unpaired) electrons. The van der Waals surface area contributed by atoms with Crippen molar-refractivity contribution in [2.75, 3.05) is 6.54 Å². The average Bonchev–Trinajstić information content (AvgIpc) is 3.21. The van der Waals surface area contributed by atoms with Gasteiger partial charge in [-0.1, -0.05) is 41.6 Å². The maximum absolute atomic E-state index is 11.8. The van der Waals surface area contributed by atoms with Gasteiger partial charge in [0.1, 0.15) is 0 Å². The molecule has 1 aromatic heterocycles. The van der Waals surface area contributed by atoms with Gasteiger partial charge >= 0.3 is 5.69 Å². The molecule has 0 bridgehead atoms. The molecule has 1 aliphatic rings. The minimum absolute atomic E-state index is 0.0172. The molecule has 0 saturated heterocycles. The highest BCUT2D eigenvalue weighted by molar-refractivity contribution is 7.99. The molecule has 1 aromatic carbocycles. The van der Waals surface area contributed by atoms with Gasteiger partial charge in [-0.2, -0.15) is 0 Å². The number of aromatic amines is 1. The largest absolute Gasteiger partial charge is 0.344 e. The lowest BCUT2D eigenvalue weighted by Crippen LogP contribution is -2.17. The molecule has 1 aliphatic carbocycles. The lowest BCUT2D eigenvalue weighted by molar-refractivity contribution is 0.641. The van der Waals surface area contributed by atoms with Gasteiger partial charge in [0, 0.05) is 17.6 Å². The minimum Gasteiger partial charge on any atom is -0.329 e. The summed E-state index contributed by atoms with van der Waals surface area (Å²) in [5.74, 6) is 0. The number of benzene rings is 1. The Kier molecular flexibility index (Phi) is 3.87. The Balaban J connectivity index is 1.89. The van der Waals surface area contributed by atoms with E-state index in [0.29, 0.717) is 16.7 Å². The zero-order valence-electron chi connectivity index (χ0n) is 10.8. The van der Waals surface area contributed by atoms with E-state index in [-0.39, 0.29) is 17.0 Å². The fourth-order valence-corrected chi connectivity index (χ4v) is 3.59. The monoisotopic (exact) mass is 310 g/mol. The number of hydrogen-bond acceptors (Lipinski definition) is 4. The third-order valence-electron chi connectivity index (χ3n) is 3.30. The first-order valence-corrected chi connectivity index (χ1v) is 7.74. The number of H-pyrrole nitrogens is 1. The van der Waals surface area contributed by atoms with Crippen molar-refractivity contribution in [2.45, 2.75) is 29.3 Å². The zero-order valence-corrected chi connectivity index (χ0v) is 12.3. The van der Waals surface area contributed by atoms with Crippen LogP contribution in [0.15, 0.2) is 34.2 Å². The van der Waals surface area contributed by atoms with Crippen molar-refractivity contribution < 1.29 is 0 Å². The quantitative estimate of drug-likeness (QED) is 0.831. The topological polar surface area (TPSA) is 76.7 Å². The molecule has 2 aromatic rings. The fourth-order valence-electron chi connectivity index (χ4n) is 2.13. The van der Waals surface area contributed by atoms with Gasteiger partial charge < -0.3 is 5.73 Å². The summed E-state index contributed by atoms with van der Waals surface area (Å²) in [6, 6.07) is 7.91. The van der Waals surface area contributed by atoms with Gasteiger partial charge in [-0.3, -0.25) is 4.57 Å². The second-order valence-corrected chi connectivity index (χ2v) is 6.35. The van der Waals surface area contributed by atoms with Crippen LogP contribution in [0.25, 0.3) is 0 Å². The van der Waals surface area contributed by atoms with Gasteiger partial charge in [0.15, 0.2) is 5.16 Å². The van der Waals surface area contributed by atoms with E-state index in [9.17, 15) is 4.79 Å². The predicted octanol–water partition coefficient (Wildman–Crippen LogP) is 2.35. The number of nitrogens with zero attached hydrogens (tertiary/aromatic N) is 2. The van der Waals surface area contributed by atoms with Crippen LogP contribution in [0.2, 0.25) is 5.02 Å². The molecule has 1 unspecified atom stereocenters. The highest BCUT2D eigenvalue weighted by atomic mass is 35.5. The third kappa shape index (κ3) is 2.63. The van der Waals surface area contributed by atoms with Crippen LogP contribution in [-0.4, -0.2) is 21.3 Å². The summed E-state index contributed by atoms with van der Waals surface area (Å²) >= 11 is 7.70. The Bertz CT molecular complexity index is 664. The molecule has 5 nitrogen and oxygen atoms in total. The first-order chi connectivity index (χ1) is 9.70. The molecule has 3 N–H and O–H groups in total. The SMILES string of the molecule is NCC(Sc1n[nH]c(=O)n1C1CC1)c1ccccc1Cl. The molecule has 3 rings (SSSR count). The van der Waals surface area contributed by atoms with Crippen LogP contribution in [0.3, 0.4) is 0 Å². The van der Waals surface area contributed by atoms with E-state index in [2.05, 4.69) is 10.2 Å². The lowest BCUT2D eigenvalue weighted by atomic mass is 10.1. The Hall–Kier alpha value is -1.24. The molecule has 0 amide bonds. The molecule has 1 heterocycles. The number of aromatic nitrogens is 3. The summed E-state index contributed by atoms with van der Waals surface area (Å²) in [6.45, 7) is 0.431. The van der Waals surface area contributed by atoms with Crippen molar-refractivity contribution in [2.24, 2.45) is 5.73 Å². The molecule has 1 atom stereocenters. The van der Waals surface area contributed by atoms with E-state index in [1.54, 1.807) is 4.57 Å². The number of halogens is 1. The molecule has 1 saturated carbocycles. The van der Waals surface area contributed by atoms with E-state index in [0.717, 1.165) is 18.4 Å². The maximum Gasteiger partial charge on any atom is 0.344 e. The number of thioether (sulfide) groups is 1. The summed E-state index contributed by atoms with van der Waals surface area (Å²) in [4.78, 5) is 11.8. The summed E-state index contributed by atoms with van der Waals surface area (Å²) in [5.41, 5.74) is 6.69. The van der Waals surface area contributed by atoms with Crippen molar-refractivity contribution in [3.05, 3.63) is 45.3 Å². The van der Waals surface area contributed by atoms with Crippen molar-refractivity contribution in [3.8, 4) is 0 Å². The average molecular weight is 311 g/mol. The maximum atomic E-state index is 11.8. The first kappa shape index (κ1) is 13.7. The van der Waals surface area contributed by atoms with Crippen LogP contribution < -0.4 is 11.4 Å². The zero-order chi connectivity index (χ0) is 14.1. The van der Waals surface area contributed by atoms with E-state index in [1.165, 1.54) is 11.8 Å². The summed E-state index contributed by atoms with van der Waals surface area (Å²) in [5, 5.41) is 7.98. The Labute approximate surface area is 125 Å². The predicted molar refractivity (Wildman–Crippen MR) is 80.2 cm³/mol. The van der Waals surface area contributed by atoms with Crippen LogP contribution in [0.5, 0.6) is 0 Å². The number of nitrogens with one attached hydrogen (secondary N) is 1. The number of nitrogens with two attached hydrogens (primary N) is 1. The summed E-state index contributed by atoms with van der Waals surface area (Å²) in [7, 11) is 0. The molecule has 7 heteroatoms. The van der Waals surface area contributed by atoms with Crippen molar-refractivity contribution in [1.29, 1.82) is 0 Å². The third-order valence-corrected chi connectivity index (χ3v) is 4.87. The standard InChI is InChI=1S/C13H15ClN4OS/c14-10-4-2-1-3-9(10)11(7-15)20-13-17-16-12(19)18(13)8-5-6-8/h1-4,8,11H,5-7,15H2,(H,16,19). The van der Waals surface area contributed by atoms with Crippen LogP contribution in [0, 0.1) is 0 Å². The number of hydrogen-bond donors (Lipinski definition) is 2. The second kappa shape index (κ2) is 5.63. The Morgan fingerprint density at radius 2 is 2.25 bits per heavy atom. The highest BCUT2D eigenvalue weighted by Crippen LogP contribution is 2.40. The molecular formula is C13H15ClN4OS. The molecular weight excluding hydrogens is 296 g/mol. The summed E-state index contributed by atoms with van der Waals surface area (Å²) in [6.07, 6.45) is 2.07. The molecule has 0 aliphatic heterocycles. The van der Waals surface area contributed by atoms with Crippen molar-refractivity contribution in [3.63, 3.8) is 0 Å². The minimum atomic E-state index is -0.148. The van der Waals surface area contributed by atoms with Crippen molar-refractivity contribution in [1.82, 2.24) is 14.8 Å². The van der Waals surface area contributed by atoms with E-state index in [4.69, 9.17) is 17.3 Å². The smallest absolute Gasteiger partial charge is 0.329 e. The van der Waals surface area contributed by atoms with E-state index in [1.807, 2.05) is 24.3 Å². The normalized spacial score (nSPS) is 16.3. The first-order valence-electron chi connectivity index (χ1n) is 6.48. The number of rotatable bonds is 5. The fraction of sp³-hybridized carbons (Fsp3) is 0.385. The van der Waals surface area contributed by atoms with Gasteiger partial charge in [0.2, 0.25) is 0 Å². The molecule has 1 fully saturated rings. The van der Waals surface area contributed by atoms with Gasteiger partial charge in [-0.25, -0.2) is 9.89 Å². The van der Waals surface area contributed by atoms with Gasteiger partial charge in [0.25, 0.3) is 0 Å². The van der Waals surface area contributed by atoms with Crippen LogP contribution >= 0.6 is 23.4 Å². The van der Waals surface area contributed by atoms with E-state index >= 15 is 0 Å². The van der Waals surface area contributed by atoms with Gasteiger partial charge in [-0.05, 0) is 24.5 Å². The summed E-state index contributed by atoms with van der Waals surface area (Å²) < 4.78 is 1.73. The lowest BCUT2D eigenvalue weighted by Gasteiger charge is -2.15. The Morgan fingerprint density at radius 1 is 1.50 bits per heavy atom. The van der Waals surface area contributed by atoms with Gasteiger partial charge in [0.05, 0.1) is 5.25 Å². The van der Waals surface area contributed by atoms with Crippen LogP contribution in [-0.2, 0) is 0 Å². The molecule has 20 heavy (non-hydrogen) atoms. The highest BCUT2D eigenvalue weighted by Gasteiger charge is 2.29. The van der Waals surface area contributed by atoms with Crippen LogP contribution in [0.4, 0.5) is 0 Å². The van der Waals surface area contributed by atoms with Gasteiger partial charge in [-0.15, -0.1) is 5.10 Å². The second-order valence-electron chi connectivity index (χ2n) is 4.78.